The Labute approximate surface area is 158 Å². The third kappa shape index (κ3) is 3.63. The largest absolute Gasteiger partial charge is 0.454 e. The molecule has 1 aromatic carbocycles. The van der Waals surface area contributed by atoms with E-state index in [9.17, 15) is 18.3 Å². The summed E-state index contributed by atoms with van der Waals surface area (Å²) in [7, 11) is -3.30. The number of rotatable bonds is 3. The second kappa shape index (κ2) is 6.65. The van der Waals surface area contributed by atoms with Gasteiger partial charge in [0.1, 0.15) is 0 Å². The van der Waals surface area contributed by atoms with Crippen LogP contribution in [0.2, 0.25) is 0 Å². The van der Waals surface area contributed by atoms with Crippen LogP contribution < -0.4 is 9.47 Å². The molecule has 4 rings (SSSR count). The summed E-state index contributed by atoms with van der Waals surface area (Å²) in [6.45, 7) is 1.62. The van der Waals surface area contributed by atoms with Crippen molar-refractivity contribution >= 4 is 15.9 Å². The number of nitrogens with zero attached hydrogens (tertiary/aromatic N) is 2. The third-order valence-corrected chi connectivity index (χ3v) is 7.12. The van der Waals surface area contributed by atoms with E-state index in [1.165, 1.54) is 10.6 Å². The summed E-state index contributed by atoms with van der Waals surface area (Å²) in [6.07, 6.45) is 2.30. The van der Waals surface area contributed by atoms with E-state index in [2.05, 4.69) is 0 Å². The van der Waals surface area contributed by atoms with Gasteiger partial charge in [-0.05, 0) is 30.5 Å². The van der Waals surface area contributed by atoms with Crippen molar-refractivity contribution in [1.82, 2.24) is 9.21 Å². The molecule has 3 heterocycles. The number of piperidine rings is 2. The van der Waals surface area contributed by atoms with Crippen LogP contribution in [0.25, 0.3) is 0 Å². The van der Waals surface area contributed by atoms with Gasteiger partial charge in [0.15, 0.2) is 11.5 Å². The zero-order chi connectivity index (χ0) is 19.2. The van der Waals surface area contributed by atoms with Crippen LogP contribution in [0.3, 0.4) is 0 Å². The number of carbonyl (C=O) groups is 1. The van der Waals surface area contributed by atoms with Gasteiger partial charge >= 0.3 is 0 Å². The van der Waals surface area contributed by atoms with Crippen LogP contribution in [0.15, 0.2) is 18.2 Å². The van der Waals surface area contributed by atoms with Crippen LogP contribution >= 0.6 is 0 Å². The Balaban J connectivity index is 1.43. The van der Waals surface area contributed by atoms with E-state index >= 15 is 0 Å². The van der Waals surface area contributed by atoms with Crippen molar-refractivity contribution in [3.8, 4) is 11.5 Å². The van der Waals surface area contributed by atoms with Crippen molar-refractivity contribution in [1.29, 1.82) is 0 Å². The molecule has 8 nitrogen and oxygen atoms in total. The molecule has 0 spiro atoms. The second-order valence-corrected chi connectivity index (χ2v) is 9.61. The highest BCUT2D eigenvalue weighted by Gasteiger charge is 2.47. The number of carbonyl (C=O) groups excluding carboxylic acids is 1. The molecule has 27 heavy (non-hydrogen) atoms. The zero-order valence-corrected chi connectivity index (χ0v) is 16.1. The van der Waals surface area contributed by atoms with Gasteiger partial charge in [-0.1, -0.05) is 6.07 Å². The lowest BCUT2D eigenvalue weighted by Crippen LogP contribution is -2.61. The number of fused-ring (bicyclic) bond motifs is 2. The maximum atomic E-state index is 12.8. The van der Waals surface area contributed by atoms with Gasteiger partial charge in [-0.25, -0.2) is 12.7 Å². The molecular formula is C18H24N2O6S. The van der Waals surface area contributed by atoms with Crippen molar-refractivity contribution in [2.45, 2.75) is 24.9 Å². The number of benzene rings is 1. The Kier molecular flexibility index (Phi) is 4.56. The molecule has 3 aliphatic heterocycles. The highest BCUT2D eigenvalue weighted by atomic mass is 32.2. The van der Waals surface area contributed by atoms with Crippen molar-refractivity contribution in [3.63, 3.8) is 0 Å². The minimum atomic E-state index is -3.30. The average Bonchev–Trinajstić information content (AvgIpc) is 3.07. The van der Waals surface area contributed by atoms with Crippen LogP contribution in [0, 0.1) is 5.92 Å². The average molecular weight is 396 g/mol. The molecule has 9 heteroatoms. The van der Waals surface area contributed by atoms with Crippen LogP contribution in [-0.4, -0.2) is 73.5 Å². The molecule has 0 unspecified atom stereocenters. The van der Waals surface area contributed by atoms with Gasteiger partial charge < -0.3 is 19.5 Å². The minimum absolute atomic E-state index is 0.0348. The molecule has 1 N–H and O–H groups in total. The normalized spacial score (nSPS) is 28.1. The van der Waals surface area contributed by atoms with E-state index in [0.29, 0.717) is 44.0 Å². The van der Waals surface area contributed by atoms with E-state index in [1.54, 1.807) is 11.0 Å². The molecular weight excluding hydrogens is 372 g/mol. The summed E-state index contributed by atoms with van der Waals surface area (Å²) in [5.74, 6) is 1.02. The number of likely N-dealkylation sites (tertiary alicyclic amines) is 1. The van der Waals surface area contributed by atoms with Gasteiger partial charge in [0.05, 0.1) is 18.3 Å². The van der Waals surface area contributed by atoms with Crippen molar-refractivity contribution < 1.29 is 27.8 Å². The molecule has 0 aromatic heterocycles. The van der Waals surface area contributed by atoms with Crippen molar-refractivity contribution in [2.75, 3.05) is 39.2 Å². The Morgan fingerprint density at radius 1 is 1.22 bits per heavy atom. The quantitative estimate of drug-likeness (QED) is 0.784. The molecule has 148 valence electrons. The molecule has 0 radical (unpaired) electrons. The maximum Gasteiger partial charge on any atom is 0.231 e. The number of ether oxygens (including phenoxy) is 2. The van der Waals surface area contributed by atoms with Gasteiger partial charge in [0.25, 0.3) is 0 Å². The summed E-state index contributed by atoms with van der Waals surface area (Å²) < 4.78 is 35.7. The van der Waals surface area contributed by atoms with E-state index < -0.39 is 15.6 Å². The van der Waals surface area contributed by atoms with Crippen molar-refractivity contribution in [2.24, 2.45) is 5.92 Å². The minimum Gasteiger partial charge on any atom is -0.454 e. The summed E-state index contributed by atoms with van der Waals surface area (Å²) >= 11 is 0. The van der Waals surface area contributed by atoms with Crippen LogP contribution in [0.4, 0.5) is 0 Å². The molecule has 3 aliphatic rings. The fraction of sp³-hybridized carbons (Fsp3) is 0.611. The lowest BCUT2D eigenvalue weighted by Gasteiger charge is -2.49. The lowest BCUT2D eigenvalue weighted by molar-refractivity contribution is -0.143. The van der Waals surface area contributed by atoms with Crippen LogP contribution in [-0.2, 0) is 21.2 Å². The van der Waals surface area contributed by atoms with E-state index in [4.69, 9.17) is 9.47 Å². The molecule has 2 saturated heterocycles. The van der Waals surface area contributed by atoms with Gasteiger partial charge in [-0.15, -0.1) is 0 Å². The van der Waals surface area contributed by atoms with E-state index in [1.807, 2.05) is 12.1 Å². The first-order valence-electron chi connectivity index (χ1n) is 9.08. The lowest BCUT2D eigenvalue weighted by atomic mass is 9.76. The maximum absolute atomic E-state index is 12.8. The van der Waals surface area contributed by atoms with Gasteiger partial charge in [-0.2, -0.15) is 0 Å². The third-order valence-electron chi connectivity index (χ3n) is 5.85. The molecule has 0 aliphatic carbocycles. The fourth-order valence-corrected chi connectivity index (χ4v) is 5.01. The van der Waals surface area contributed by atoms with Gasteiger partial charge in [0.2, 0.25) is 22.7 Å². The molecule has 0 bridgehead atoms. The Hall–Kier alpha value is -1.84. The molecule has 2 atom stereocenters. The number of aliphatic hydroxyl groups is 1. The predicted molar refractivity (Wildman–Crippen MR) is 96.9 cm³/mol. The zero-order valence-electron chi connectivity index (χ0n) is 15.3. The second-order valence-electron chi connectivity index (χ2n) is 7.63. The van der Waals surface area contributed by atoms with Gasteiger partial charge in [0, 0.05) is 32.1 Å². The van der Waals surface area contributed by atoms with E-state index in [-0.39, 0.29) is 31.6 Å². The Bertz CT molecular complexity index is 857. The summed E-state index contributed by atoms with van der Waals surface area (Å²) in [5.41, 5.74) is -0.0528. The first-order valence-corrected chi connectivity index (χ1v) is 10.9. The smallest absolute Gasteiger partial charge is 0.231 e. The summed E-state index contributed by atoms with van der Waals surface area (Å²) in [5, 5.41) is 10.9. The first-order chi connectivity index (χ1) is 12.7. The highest BCUT2D eigenvalue weighted by molar-refractivity contribution is 7.88. The molecule has 1 aromatic rings. The summed E-state index contributed by atoms with van der Waals surface area (Å²) in [4.78, 5) is 14.5. The monoisotopic (exact) mass is 396 g/mol. The number of amides is 1. The van der Waals surface area contributed by atoms with Gasteiger partial charge in [-0.3, -0.25) is 4.79 Å². The van der Waals surface area contributed by atoms with Crippen LogP contribution in [0.1, 0.15) is 18.4 Å². The predicted octanol–water partition coefficient (Wildman–Crippen LogP) is 0.203. The topological polar surface area (TPSA) is 96.4 Å². The van der Waals surface area contributed by atoms with E-state index in [0.717, 1.165) is 5.56 Å². The molecule has 1 amide bonds. The number of hydrogen-bond donors (Lipinski definition) is 1. The highest BCUT2D eigenvalue weighted by Crippen LogP contribution is 2.37. The standard InChI is InChI=1S/C18H24N2O6S/c1-27(23,24)20-7-5-18(22)4-6-19(10-14(18)11-20)17(21)9-13-2-3-15-16(8-13)26-12-25-15/h2-3,8,14,22H,4-7,9-12H2,1H3/t14-,18-/m1/s1. The first kappa shape index (κ1) is 18.5. The molecule has 0 saturated carbocycles. The number of hydrogen-bond acceptors (Lipinski definition) is 6. The van der Waals surface area contributed by atoms with Crippen LogP contribution in [0.5, 0.6) is 11.5 Å². The summed E-state index contributed by atoms with van der Waals surface area (Å²) in [6, 6.07) is 5.45. The van der Waals surface area contributed by atoms with Crippen molar-refractivity contribution in [3.05, 3.63) is 23.8 Å². The fourth-order valence-electron chi connectivity index (χ4n) is 4.14. The Morgan fingerprint density at radius 3 is 2.74 bits per heavy atom. The number of sulfonamides is 1. The Morgan fingerprint density at radius 2 is 1.96 bits per heavy atom. The molecule has 2 fully saturated rings. The SMILES string of the molecule is CS(=O)(=O)N1CC[C@]2(O)CCN(C(=O)Cc3ccc4c(c3)OCO4)C[C@@H]2C1.